The van der Waals surface area contributed by atoms with Crippen molar-refractivity contribution in [2.75, 3.05) is 18.5 Å². The van der Waals surface area contributed by atoms with Crippen molar-refractivity contribution < 1.29 is 0 Å². The van der Waals surface area contributed by atoms with Gasteiger partial charge in [-0.25, -0.2) is 9.97 Å². The van der Waals surface area contributed by atoms with E-state index >= 15 is 0 Å². The highest BCUT2D eigenvalue weighted by Gasteiger charge is 2.16. The molecule has 3 N–H and O–H groups in total. The van der Waals surface area contributed by atoms with Gasteiger partial charge in [0.05, 0.1) is 11.0 Å². The van der Waals surface area contributed by atoms with Gasteiger partial charge in [-0.15, -0.1) is 0 Å². The van der Waals surface area contributed by atoms with E-state index in [1.807, 2.05) is 12.1 Å². The van der Waals surface area contributed by atoms with Gasteiger partial charge in [-0.1, -0.05) is 43.5 Å². The molecular weight excluding hydrogens is 330 g/mol. The van der Waals surface area contributed by atoms with Crippen LogP contribution < -0.4 is 10.5 Å². The third kappa shape index (κ3) is 3.90. The minimum atomic E-state index is 0.536. The number of aromatic nitrogens is 3. The summed E-state index contributed by atoms with van der Waals surface area (Å²) in [6.45, 7) is 4.22. The molecule has 0 aliphatic carbocycles. The van der Waals surface area contributed by atoms with E-state index in [1.165, 1.54) is 0 Å². The molecule has 2 heterocycles. The number of anilines is 1. The van der Waals surface area contributed by atoms with Crippen LogP contribution in [0, 0.1) is 0 Å². The van der Waals surface area contributed by atoms with Gasteiger partial charge in [0.1, 0.15) is 11.3 Å². The van der Waals surface area contributed by atoms with Crippen molar-refractivity contribution in [3.63, 3.8) is 0 Å². The molecule has 0 aliphatic heterocycles. The zero-order valence-corrected chi connectivity index (χ0v) is 15.9. The summed E-state index contributed by atoms with van der Waals surface area (Å²) in [6.07, 6.45) is 7.62. The Balaban J connectivity index is 2.02. The Morgan fingerprint density at radius 3 is 2.80 bits per heavy atom. The number of hydrogen-bond donors (Lipinski definition) is 2. The summed E-state index contributed by atoms with van der Waals surface area (Å²) < 4.78 is 5.69. The molecule has 6 heteroatoms. The number of imidazole rings is 1. The van der Waals surface area contributed by atoms with Crippen LogP contribution in [0.5, 0.6) is 0 Å². The fourth-order valence-corrected chi connectivity index (χ4v) is 3.59. The Labute approximate surface area is 153 Å². The number of nitrogen functional groups attached to an aromatic ring is 1. The van der Waals surface area contributed by atoms with Crippen LogP contribution in [0.15, 0.2) is 24.3 Å². The lowest BCUT2D eigenvalue weighted by atomic mass is 10.2. The topological polar surface area (TPSA) is 68.8 Å². The molecule has 0 bridgehead atoms. The van der Waals surface area contributed by atoms with Crippen LogP contribution in [0.25, 0.3) is 21.9 Å². The predicted molar refractivity (Wildman–Crippen MR) is 109 cm³/mol. The first-order valence-corrected chi connectivity index (χ1v) is 10.3. The zero-order chi connectivity index (χ0) is 17.6. The van der Waals surface area contributed by atoms with E-state index in [2.05, 4.69) is 39.6 Å². The molecule has 0 saturated heterocycles. The van der Waals surface area contributed by atoms with E-state index in [4.69, 9.17) is 10.7 Å². The zero-order valence-electron chi connectivity index (χ0n) is 15.1. The van der Waals surface area contributed by atoms with Crippen molar-refractivity contribution in [3.8, 4) is 0 Å². The van der Waals surface area contributed by atoms with E-state index in [0.717, 1.165) is 73.0 Å². The maximum Gasteiger partial charge on any atom is 0.152 e. The first-order chi connectivity index (χ1) is 12.3. The number of pyridine rings is 1. The number of fused-ring (bicyclic) bond motifs is 3. The fourth-order valence-electron chi connectivity index (χ4n) is 3.24. The van der Waals surface area contributed by atoms with Crippen molar-refractivity contribution in [3.05, 3.63) is 30.1 Å². The molecule has 3 rings (SSSR count). The molecule has 0 radical (unpaired) electrons. The Morgan fingerprint density at radius 2 is 2.00 bits per heavy atom. The van der Waals surface area contributed by atoms with E-state index in [9.17, 15) is 0 Å². The lowest BCUT2D eigenvalue weighted by Gasteiger charge is -2.11. The number of benzene rings is 1. The van der Waals surface area contributed by atoms with Gasteiger partial charge in [-0.2, -0.15) is 0 Å². The predicted octanol–water partition coefficient (Wildman–Crippen LogP) is 4.16. The first-order valence-electron chi connectivity index (χ1n) is 9.05. The van der Waals surface area contributed by atoms with Crippen molar-refractivity contribution in [1.29, 1.82) is 0 Å². The van der Waals surface area contributed by atoms with Crippen LogP contribution in [0.1, 0.15) is 38.4 Å². The summed E-state index contributed by atoms with van der Waals surface area (Å²) in [5.41, 5.74) is 9.17. The molecule has 3 aromatic rings. The van der Waals surface area contributed by atoms with Crippen molar-refractivity contribution in [2.45, 2.75) is 45.6 Å². The van der Waals surface area contributed by atoms with Gasteiger partial charge in [0, 0.05) is 24.9 Å². The van der Waals surface area contributed by atoms with Gasteiger partial charge in [-0.3, -0.25) is 4.72 Å². The van der Waals surface area contributed by atoms with Crippen molar-refractivity contribution >= 4 is 39.7 Å². The molecule has 2 aromatic heterocycles. The minimum Gasteiger partial charge on any atom is -0.382 e. The third-order valence-corrected chi connectivity index (χ3v) is 4.99. The average Bonchev–Trinajstić information content (AvgIpc) is 2.99. The summed E-state index contributed by atoms with van der Waals surface area (Å²) in [6, 6.07) is 8.22. The van der Waals surface area contributed by atoms with Gasteiger partial charge >= 0.3 is 0 Å². The van der Waals surface area contributed by atoms with Gasteiger partial charge in [0.2, 0.25) is 0 Å². The van der Waals surface area contributed by atoms with E-state index < -0.39 is 0 Å². The van der Waals surface area contributed by atoms with Crippen LogP contribution in [0.3, 0.4) is 0 Å². The number of nitrogens with one attached hydrogen (secondary N) is 1. The standard InChI is InChI=1S/C19H27N5S/c1-3-4-11-16-23-17-18(24(16)13-8-7-12-21-25-2)14-9-5-6-10-15(14)22-19(17)20/h5-6,9-10,21H,3-4,7-8,11-13H2,1-2H3,(H2,20,22). The van der Waals surface area contributed by atoms with Crippen LogP contribution in [-0.2, 0) is 13.0 Å². The fraction of sp³-hybridized carbons (Fsp3) is 0.474. The Hall–Kier alpha value is -1.79. The summed E-state index contributed by atoms with van der Waals surface area (Å²) >= 11 is 1.68. The molecule has 0 unspecified atom stereocenters. The Kier molecular flexibility index (Phi) is 6.15. The molecule has 0 amide bonds. The molecule has 0 atom stereocenters. The van der Waals surface area contributed by atoms with E-state index in [1.54, 1.807) is 11.9 Å². The normalized spacial score (nSPS) is 11.6. The second-order valence-electron chi connectivity index (χ2n) is 6.30. The highest BCUT2D eigenvalue weighted by Crippen LogP contribution is 2.29. The number of aryl methyl sites for hydroxylation is 2. The lowest BCUT2D eigenvalue weighted by Crippen LogP contribution is -2.09. The maximum absolute atomic E-state index is 6.23. The van der Waals surface area contributed by atoms with E-state index in [-0.39, 0.29) is 0 Å². The summed E-state index contributed by atoms with van der Waals surface area (Å²) in [4.78, 5) is 9.42. The highest BCUT2D eigenvalue weighted by molar-refractivity contribution is 7.96. The monoisotopic (exact) mass is 357 g/mol. The molecule has 0 spiro atoms. The molecule has 0 fully saturated rings. The summed E-state index contributed by atoms with van der Waals surface area (Å²) in [7, 11) is 0. The highest BCUT2D eigenvalue weighted by atomic mass is 32.2. The summed E-state index contributed by atoms with van der Waals surface area (Å²) in [5.74, 6) is 1.67. The number of nitrogens with two attached hydrogens (primary N) is 1. The van der Waals surface area contributed by atoms with Crippen LogP contribution in [0.2, 0.25) is 0 Å². The van der Waals surface area contributed by atoms with Gasteiger partial charge in [0.15, 0.2) is 5.82 Å². The molecule has 1 aromatic carbocycles. The van der Waals surface area contributed by atoms with Crippen LogP contribution in [-0.4, -0.2) is 27.3 Å². The van der Waals surface area contributed by atoms with Crippen molar-refractivity contribution in [1.82, 2.24) is 19.3 Å². The second-order valence-corrected chi connectivity index (χ2v) is 7.00. The number of rotatable bonds is 9. The van der Waals surface area contributed by atoms with E-state index in [0.29, 0.717) is 5.82 Å². The van der Waals surface area contributed by atoms with Gasteiger partial charge < -0.3 is 10.3 Å². The number of nitrogens with zero attached hydrogens (tertiary/aromatic N) is 3. The Bertz CT molecular complexity index is 843. The third-order valence-electron chi connectivity index (χ3n) is 4.50. The van der Waals surface area contributed by atoms with Gasteiger partial charge in [0.25, 0.3) is 0 Å². The molecule has 25 heavy (non-hydrogen) atoms. The molecule has 0 saturated carbocycles. The number of unbranched alkanes of at least 4 members (excludes halogenated alkanes) is 2. The molecule has 0 aliphatic rings. The quantitative estimate of drug-likeness (QED) is 0.444. The molecule has 5 nitrogen and oxygen atoms in total. The largest absolute Gasteiger partial charge is 0.382 e. The van der Waals surface area contributed by atoms with Crippen LogP contribution in [0.4, 0.5) is 5.82 Å². The summed E-state index contributed by atoms with van der Waals surface area (Å²) in [5, 5.41) is 1.14. The number of para-hydroxylation sites is 1. The first kappa shape index (κ1) is 18.0. The Morgan fingerprint density at radius 1 is 1.16 bits per heavy atom. The second kappa shape index (κ2) is 8.54. The lowest BCUT2D eigenvalue weighted by molar-refractivity contribution is 0.588. The SMILES string of the molecule is CCCCc1nc2c(N)nc3ccccc3c2n1CCCCNSC. The average molecular weight is 358 g/mol. The molecule has 134 valence electrons. The maximum atomic E-state index is 6.23. The number of hydrogen-bond acceptors (Lipinski definition) is 5. The van der Waals surface area contributed by atoms with Gasteiger partial charge in [-0.05, 0) is 31.6 Å². The smallest absolute Gasteiger partial charge is 0.152 e. The molecular formula is C19H27N5S. The minimum absolute atomic E-state index is 0.536. The van der Waals surface area contributed by atoms with Crippen molar-refractivity contribution in [2.24, 2.45) is 0 Å². The van der Waals surface area contributed by atoms with Crippen LogP contribution >= 0.6 is 11.9 Å².